The maximum atomic E-state index is 11.4. The molecule has 122 valence electrons. The zero-order chi connectivity index (χ0) is 18.1. The van der Waals surface area contributed by atoms with E-state index in [0.29, 0.717) is 11.4 Å². The van der Waals surface area contributed by atoms with Gasteiger partial charge in [-0.3, -0.25) is 0 Å². The molecule has 1 aromatic rings. The van der Waals surface area contributed by atoms with E-state index in [9.17, 15) is 4.79 Å². The largest absolute Gasteiger partial charge is 0.481 e. The van der Waals surface area contributed by atoms with E-state index in [4.69, 9.17) is 25.3 Å². The SMILES string of the molecule is CCOC(=O)COc1c(C)cc(NC(C#N)=C(C#N)C#N)cc1C. The number of anilines is 1. The summed E-state index contributed by atoms with van der Waals surface area (Å²) in [7, 11) is 0. The van der Waals surface area contributed by atoms with Crippen LogP contribution in [0, 0.1) is 47.8 Å². The topological polar surface area (TPSA) is 119 Å². The van der Waals surface area contributed by atoms with Crippen LogP contribution in [0.1, 0.15) is 18.1 Å². The zero-order valence-corrected chi connectivity index (χ0v) is 13.6. The van der Waals surface area contributed by atoms with Crippen LogP contribution >= 0.6 is 0 Å². The molecule has 0 aliphatic heterocycles. The summed E-state index contributed by atoms with van der Waals surface area (Å²) in [4.78, 5) is 11.4. The number of carbonyl (C=O) groups is 1. The van der Waals surface area contributed by atoms with Crippen molar-refractivity contribution in [2.24, 2.45) is 0 Å². The Labute approximate surface area is 140 Å². The quantitative estimate of drug-likeness (QED) is 0.630. The number of benzene rings is 1. The lowest BCUT2D eigenvalue weighted by atomic mass is 10.1. The molecule has 7 nitrogen and oxygen atoms in total. The van der Waals surface area contributed by atoms with Crippen molar-refractivity contribution < 1.29 is 14.3 Å². The number of hydrogen-bond donors (Lipinski definition) is 1. The smallest absolute Gasteiger partial charge is 0.344 e. The van der Waals surface area contributed by atoms with Crippen LogP contribution in [-0.4, -0.2) is 19.2 Å². The third-order valence-electron chi connectivity index (χ3n) is 2.95. The molecule has 0 radical (unpaired) electrons. The summed E-state index contributed by atoms with van der Waals surface area (Å²) >= 11 is 0. The van der Waals surface area contributed by atoms with Gasteiger partial charge in [0.05, 0.1) is 6.61 Å². The van der Waals surface area contributed by atoms with Crippen LogP contribution in [0.4, 0.5) is 5.69 Å². The molecule has 0 aliphatic rings. The van der Waals surface area contributed by atoms with E-state index in [2.05, 4.69) is 5.32 Å². The highest BCUT2D eigenvalue weighted by molar-refractivity contribution is 5.71. The van der Waals surface area contributed by atoms with E-state index in [1.54, 1.807) is 51.1 Å². The van der Waals surface area contributed by atoms with Crippen molar-refractivity contribution in [1.29, 1.82) is 15.8 Å². The molecule has 24 heavy (non-hydrogen) atoms. The van der Waals surface area contributed by atoms with Crippen LogP contribution in [0.15, 0.2) is 23.4 Å². The van der Waals surface area contributed by atoms with Crippen LogP contribution < -0.4 is 10.1 Å². The van der Waals surface area contributed by atoms with Crippen molar-refractivity contribution in [2.45, 2.75) is 20.8 Å². The fraction of sp³-hybridized carbons (Fsp3) is 0.294. The van der Waals surface area contributed by atoms with E-state index in [1.807, 2.05) is 0 Å². The molecule has 0 heterocycles. The van der Waals surface area contributed by atoms with Gasteiger partial charge in [0.25, 0.3) is 0 Å². The summed E-state index contributed by atoms with van der Waals surface area (Å²) in [5, 5.41) is 29.5. The summed E-state index contributed by atoms with van der Waals surface area (Å²) in [6.45, 7) is 5.37. The Morgan fingerprint density at radius 3 is 2.17 bits per heavy atom. The Kier molecular flexibility index (Phi) is 6.82. The predicted molar refractivity (Wildman–Crippen MR) is 85.5 cm³/mol. The number of allylic oxidation sites excluding steroid dienone is 2. The number of ether oxygens (including phenoxy) is 2. The first kappa shape index (κ1) is 18.5. The van der Waals surface area contributed by atoms with Crippen molar-refractivity contribution in [2.75, 3.05) is 18.5 Å². The molecule has 0 saturated heterocycles. The predicted octanol–water partition coefficient (Wildman–Crippen LogP) is 2.48. The highest BCUT2D eigenvalue weighted by Crippen LogP contribution is 2.28. The van der Waals surface area contributed by atoms with Gasteiger partial charge in [-0.2, -0.15) is 15.8 Å². The maximum absolute atomic E-state index is 11.4. The third-order valence-corrected chi connectivity index (χ3v) is 2.95. The summed E-state index contributed by atoms with van der Waals surface area (Å²) < 4.78 is 10.3. The molecular formula is C17H16N4O3. The second-order valence-electron chi connectivity index (χ2n) is 4.74. The standard InChI is InChI=1S/C17H16N4O3/c1-4-23-16(22)10-24-17-11(2)5-14(6-12(17)3)21-15(9-20)13(7-18)8-19/h5-6,21H,4,10H2,1-3H3. The molecule has 1 rings (SSSR count). The first-order valence-corrected chi connectivity index (χ1v) is 7.08. The van der Waals surface area contributed by atoms with Gasteiger partial charge in [-0.1, -0.05) is 0 Å². The number of rotatable bonds is 6. The number of hydrogen-bond acceptors (Lipinski definition) is 7. The van der Waals surface area contributed by atoms with Gasteiger partial charge in [-0.05, 0) is 44.0 Å². The monoisotopic (exact) mass is 324 g/mol. The summed E-state index contributed by atoms with van der Waals surface area (Å²) in [6.07, 6.45) is 0. The average Bonchev–Trinajstić information content (AvgIpc) is 2.54. The summed E-state index contributed by atoms with van der Waals surface area (Å²) in [5.41, 5.74) is 1.58. The minimum Gasteiger partial charge on any atom is -0.481 e. The van der Waals surface area contributed by atoms with Crippen LogP contribution in [-0.2, 0) is 9.53 Å². The van der Waals surface area contributed by atoms with Gasteiger partial charge in [0, 0.05) is 5.69 Å². The van der Waals surface area contributed by atoms with Crippen LogP contribution in [0.5, 0.6) is 5.75 Å². The minimum absolute atomic E-state index is 0.126. The van der Waals surface area contributed by atoms with Crippen molar-refractivity contribution >= 4 is 11.7 Å². The lowest BCUT2D eigenvalue weighted by molar-refractivity contribution is -0.145. The molecule has 0 bridgehead atoms. The third kappa shape index (κ3) is 4.76. The van der Waals surface area contributed by atoms with Gasteiger partial charge in [0.1, 0.15) is 29.7 Å². The Morgan fingerprint density at radius 1 is 1.12 bits per heavy atom. The van der Waals surface area contributed by atoms with Gasteiger partial charge in [0.2, 0.25) is 0 Å². The van der Waals surface area contributed by atoms with E-state index in [-0.39, 0.29) is 24.5 Å². The number of nitrogens with one attached hydrogen (secondary N) is 1. The van der Waals surface area contributed by atoms with E-state index >= 15 is 0 Å². The molecule has 0 amide bonds. The van der Waals surface area contributed by atoms with Gasteiger partial charge in [0.15, 0.2) is 12.2 Å². The first-order chi connectivity index (χ1) is 11.5. The second kappa shape index (κ2) is 8.82. The number of nitrogens with zero attached hydrogens (tertiary/aromatic N) is 3. The molecule has 0 atom stereocenters. The van der Waals surface area contributed by atoms with Gasteiger partial charge >= 0.3 is 5.97 Å². The first-order valence-electron chi connectivity index (χ1n) is 7.08. The summed E-state index contributed by atoms with van der Waals surface area (Å²) in [5.74, 6) is 0.0813. The zero-order valence-electron chi connectivity index (χ0n) is 13.6. The fourth-order valence-corrected chi connectivity index (χ4v) is 2.01. The van der Waals surface area contributed by atoms with E-state index in [1.165, 1.54) is 0 Å². The van der Waals surface area contributed by atoms with E-state index in [0.717, 1.165) is 11.1 Å². The highest BCUT2D eigenvalue weighted by Gasteiger charge is 2.12. The Morgan fingerprint density at radius 2 is 1.71 bits per heavy atom. The molecule has 0 aromatic heterocycles. The lowest BCUT2D eigenvalue weighted by Gasteiger charge is -2.14. The van der Waals surface area contributed by atoms with Crippen molar-refractivity contribution in [3.63, 3.8) is 0 Å². The van der Waals surface area contributed by atoms with Crippen molar-refractivity contribution in [1.82, 2.24) is 0 Å². The number of carbonyl (C=O) groups excluding carboxylic acids is 1. The normalized spacial score (nSPS) is 9.00. The molecule has 7 heteroatoms. The molecular weight excluding hydrogens is 308 g/mol. The van der Waals surface area contributed by atoms with Crippen LogP contribution in [0.3, 0.4) is 0 Å². The number of esters is 1. The number of nitriles is 3. The van der Waals surface area contributed by atoms with Gasteiger partial charge < -0.3 is 14.8 Å². The number of aryl methyl sites for hydroxylation is 2. The highest BCUT2D eigenvalue weighted by atomic mass is 16.6. The maximum Gasteiger partial charge on any atom is 0.344 e. The lowest BCUT2D eigenvalue weighted by Crippen LogP contribution is -2.15. The van der Waals surface area contributed by atoms with Crippen molar-refractivity contribution in [3.8, 4) is 24.0 Å². The van der Waals surface area contributed by atoms with Gasteiger partial charge in [-0.25, -0.2) is 4.79 Å². The molecule has 0 saturated carbocycles. The molecule has 0 spiro atoms. The second-order valence-corrected chi connectivity index (χ2v) is 4.74. The average molecular weight is 324 g/mol. The molecule has 0 aliphatic carbocycles. The van der Waals surface area contributed by atoms with E-state index < -0.39 is 5.97 Å². The Bertz CT molecular complexity index is 753. The molecule has 0 unspecified atom stereocenters. The minimum atomic E-state index is -0.458. The van der Waals surface area contributed by atoms with Gasteiger partial charge in [-0.15, -0.1) is 0 Å². The Hall–Kier alpha value is -3.50. The fourth-order valence-electron chi connectivity index (χ4n) is 2.01. The molecule has 1 N–H and O–H groups in total. The van der Waals surface area contributed by atoms with Crippen LogP contribution in [0.2, 0.25) is 0 Å². The van der Waals surface area contributed by atoms with Crippen LogP contribution in [0.25, 0.3) is 0 Å². The molecule has 0 fully saturated rings. The molecule has 1 aromatic carbocycles. The summed E-state index contributed by atoms with van der Waals surface area (Å²) in [6, 6.07) is 8.51. The Balaban J connectivity index is 3.02. The van der Waals surface area contributed by atoms with Crippen molar-refractivity contribution in [3.05, 3.63) is 34.5 Å².